The maximum Gasteiger partial charge on any atom is 0.158 e. The van der Waals surface area contributed by atoms with Crippen LogP contribution in [0.2, 0.25) is 0 Å². The highest BCUT2D eigenvalue weighted by atomic mass is 16.7. The third-order valence-electron chi connectivity index (χ3n) is 2.96. The minimum absolute atomic E-state index is 0.0242. The highest BCUT2D eigenvalue weighted by Crippen LogP contribution is 2.32. The standard InChI is InChI=1S/C13H26O2/c1-12(2,3)6-8-14-11-10-13(4,5)7-9-15-11/h11H,6-10H2,1-5H3/t11-/m0/s1. The van der Waals surface area contributed by atoms with Gasteiger partial charge in [-0.1, -0.05) is 34.6 Å². The van der Waals surface area contributed by atoms with E-state index >= 15 is 0 Å². The van der Waals surface area contributed by atoms with E-state index in [1.54, 1.807) is 0 Å². The summed E-state index contributed by atoms with van der Waals surface area (Å²) in [5.41, 5.74) is 0.731. The van der Waals surface area contributed by atoms with Gasteiger partial charge in [-0.2, -0.15) is 0 Å². The van der Waals surface area contributed by atoms with Gasteiger partial charge in [0.05, 0.1) is 13.2 Å². The smallest absolute Gasteiger partial charge is 0.158 e. The van der Waals surface area contributed by atoms with Crippen LogP contribution in [0.3, 0.4) is 0 Å². The molecule has 15 heavy (non-hydrogen) atoms. The molecule has 1 fully saturated rings. The van der Waals surface area contributed by atoms with Crippen LogP contribution in [0, 0.1) is 10.8 Å². The molecule has 1 atom stereocenters. The van der Waals surface area contributed by atoms with Gasteiger partial charge in [0, 0.05) is 6.42 Å². The van der Waals surface area contributed by atoms with E-state index in [1.807, 2.05) is 0 Å². The number of ether oxygens (including phenoxy) is 2. The first-order valence-electron chi connectivity index (χ1n) is 6.02. The van der Waals surface area contributed by atoms with Crippen molar-refractivity contribution in [2.45, 2.75) is 60.2 Å². The molecule has 1 saturated heterocycles. The summed E-state index contributed by atoms with van der Waals surface area (Å²) in [5.74, 6) is 0. The first-order valence-corrected chi connectivity index (χ1v) is 6.02. The highest BCUT2D eigenvalue weighted by molar-refractivity contribution is 4.74. The molecular formula is C13H26O2. The van der Waals surface area contributed by atoms with Gasteiger partial charge in [-0.05, 0) is 23.7 Å². The fraction of sp³-hybridized carbons (Fsp3) is 1.00. The van der Waals surface area contributed by atoms with Crippen LogP contribution in [-0.4, -0.2) is 19.5 Å². The lowest BCUT2D eigenvalue weighted by atomic mass is 9.84. The van der Waals surface area contributed by atoms with Gasteiger partial charge in [0.2, 0.25) is 0 Å². The lowest BCUT2D eigenvalue weighted by Crippen LogP contribution is -2.33. The zero-order chi connectivity index (χ0) is 11.5. The first kappa shape index (κ1) is 13.0. The topological polar surface area (TPSA) is 18.5 Å². The van der Waals surface area contributed by atoms with Crippen molar-refractivity contribution in [3.63, 3.8) is 0 Å². The van der Waals surface area contributed by atoms with E-state index in [9.17, 15) is 0 Å². The van der Waals surface area contributed by atoms with Crippen LogP contribution in [0.5, 0.6) is 0 Å². The summed E-state index contributed by atoms with van der Waals surface area (Å²) in [7, 11) is 0. The van der Waals surface area contributed by atoms with Crippen LogP contribution < -0.4 is 0 Å². The molecule has 2 heteroatoms. The maximum absolute atomic E-state index is 5.77. The van der Waals surface area contributed by atoms with Gasteiger partial charge >= 0.3 is 0 Å². The Bertz CT molecular complexity index is 191. The molecule has 0 aromatic carbocycles. The largest absolute Gasteiger partial charge is 0.353 e. The van der Waals surface area contributed by atoms with E-state index in [1.165, 1.54) is 0 Å². The van der Waals surface area contributed by atoms with Gasteiger partial charge < -0.3 is 9.47 Å². The molecule has 0 spiro atoms. The lowest BCUT2D eigenvalue weighted by molar-refractivity contribution is -0.189. The molecule has 1 aliphatic heterocycles. The van der Waals surface area contributed by atoms with E-state index < -0.39 is 0 Å². The van der Waals surface area contributed by atoms with Crippen LogP contribution in [0.25, 0.3) is 0 Å². The minimum atomic E-state index is 0.0242. The van der Waals surface area contributed by atoms with Gasteiger partial charge in [0.1, 0.15) is 0 Å². The number of hydrogen-bond acceptors (Lipinski definition) is 2. The van der Waals surface area contributed by atoms with Crippen molar-refractivity contribution in [1.29, 1.82) is 0 Å². The van der Waals surface area contributed by atoms with Crippen molar-refractivity contribution in [3.05, 3.63) is 0 Å². The zero-order valence-corrected chi connectivity index (χ0v) is 10.9. The Morgan fingerprint density at radius 1 is 1.33 bits per heavy atom. The molecule has 0 radical (unpaired) electrons. The molecule has 2 nitrogen and oxygen atoms in total. The van der Waals surface area contributed by atoms with Crippen LogP contribution >= 0.6 is 0 Å². The van der Waals surface area contributed by atoms with E-state index in [-0.39, 0.29) is 6.29 Å². The third kappa shape index (κ3) is 5.53. The normalized spacial score (nSPS) is 26.6. The molecule has 0 amide bonds. The van der Waals surface area contributed by atoms with Crippen LogP contribution in [0.4, 0.5) is 0 Å². The molecule has 0 aromatic heterocycles. The Labute approximate surface area is 94.3 Å². The summed E-state index contributed by atoms with van der Waals surface area (Å²) < 4.78 is 11.4. The van der Waals surface area contributed by atoms with Crippen LogP contribution in [0.15, 0.2) is 0 Å². The summed E-state index contributed by atoms with van der Waals surface area (Å²) in [6.07, 6.45) is 3.28. The summed E-state index contributed by atoms with van der Waals surface area (Å²) in [5, 5.41) is 0. The van der Waals surface area contributed by atoms with Crippen molar-refractivity contribution in [1.82, 2.24) is 0 Å². The fourth-order valence-corrected chi connectivity index (χ4v) is 1.68. The van der Waals surface area contributed by atoms with Crippen molar-refractivity contribution in [2.24, 2.45) is 10.8 Å². The van der Waals surface area contributed by atoms with Crippen molar-refractivity contribution in [3.8, 4) is 0 Å². The summed E-state index contributed by atoms with van der Waals surface area (Å²) >= 11 is 0. The Hall–Kier alpha value is -0.0800. The average molecular weight is 214 g/mol. The summed E-state index contributed by atoms with van der Waals surface area (Å²) in [4.78, 5) is 0. The van der Waals surface area contributed by atoms with Gasteiger partial charge in [0.15, 0.2) is 6.29 Å². The molecule has 0 saturated carbocycles. The molecule has 90 valence electrons. The molecule has 0 bridgehead atoms. The Morgan fingerprint density at radius 2 is 2.00 bits per heavy atom. The van der Waals surface area contributed by atoms with Gasteiger partial charge in [-0.25, -0.2) is 0 Å². The third-order valence-corrected chi connectivity index (χ3v) is 2.96. The first-order chi connectivity index (χ1) is 6.79. The van der Waals surface area contributed by atoms with Gasteiger partial charge in [0.25, 0.3) is 0 Å². The van der Waals surface area contributed by atoms with Crippen molar-refractivity contribution in [2.75, 3.05) is 13.2 Å². The monoisotopic (exact) mass is 214 g/mol. The quantitative estimate of drug-likeness (QED) is 0.714. The van der Waals surface area contributed by atoms with E-state index in [0.29, 0.717) is 10.8 Å². The fourth-order valence-electron chi connectivity index (χ4n) is 1.68. The lowest BCUT2D eigenvalue weighted by Gasteiger charge is -2.35. The summed E-state index contributed by atoms with van der Waals surface area (Å²) in [6, 6.07) is 0. The SMILES string of the molecule is CC(C)(C)CCO[C@@H]1CC(C)(C)CCO1. The van der Waals surface area contributed by atoms with Gasteiger partial charge in [-0.15, -0.1) is 0 Å². The molecule has 0 aliphatic carbocycles. The molecule has 1 rings (SSSR count). The van der Waals surface area contributed by atoms with E-state index in [4.69, 9.17) is 9.47 Å². The maximum atomic E-state index is 5.77. The van der Waals surface area contributed by atoms with Crippen molar-refractivity contribution < 1.29 is 9.47 Å². The zero-order valence-electron chi connectivity index (χ0n) is 10.9. The average Bonchev–Trinajstić information content (AvgIpc) is 1.99. The second-order valence-electron chi connectivity index (χ2n) is 6.60. The molecular weight excluding hydrogens is 188 g/mol. The molecule has 1 aliphatic rings. The highest BCUT2D eigenvalue weighted by Gasteiger charge is 2.29. The molecule has 0 unspecified atom stereocenters. The summed E-state index contributed by atoms with van der Waals surface area (Å²) in [6.45, 7) is 12.9. The van der Waals surface area contributed by atoms with E-state index in [2.05, 4.69) is 34.6 Å². The predicted molar refractivity (Wildman–Crippen MR) is 62.8 cm³/mol. The number of hydrogen-bond donors (Lipinski definition) is 0. The molecule has 0 N–H and O–H groups in total. The molecule has 1 heterocycles. The van der Waals surface area contributed by atoms with Gasteiger partial charge in [-0.3, -0.25) is 0 Å². The van der Waals surface area contributed by atoms with Crippen LogP contribution in [-0.2, 0) is 9.47 Å². The Kier molecular flexibility index (Phi) is 4.19. The van der Waals surface area contributed by atoms with Crippen molar-refractivity contribution >= 4 is 0 Å². The minimum Gasteiger partial charge on any atom is -0.353 e. The second-order valence-corrected chi connectivity index (χ2v) is 6.60. The predicted octanol–water partition coefficient (Wildman–Crippen LogP) is 3.60. The number of rotatable bonds is 3. The Balaban J connectivity index is 2.22. The van der Waals surface area contributed by atoms with E-state index in [0.717, 1.165) is 32.5 Å². The Morgan fingerprint density at radius 3 is 2.53 bits per heavy atom. The second kappa shape index (κ2) is 4.84. The van der Waals surface area contributed by atoms with Crippen LogP contribution in [0.1, 0.15) is 53.9 Å². The molecule has 0 aromatic rings.